The Bertz CT molecular complexity index is 1310. The molecule has 0 radical (unpaired) electrons. The summed E-state index contributed by atoms with van der Waals surface area (Å²) < 4.78 is 58.0. The number of aliphatic hydroxyl groups excluding tert-OH is 1. The van der Waals surface area contributed by atoms with Crippen LogP contribution in [-0.2, 0) is 17.7 Å². The number of hydrogen-bond donors (Lipinski definition) is 3. The van der Waals surface area contributed by atoms with Crippen LogP contribution in [0.1, 0.15) is 39.0 Å². The number of aromatic amines is 1. The molecule has 3 heterocycles. The lowest BCUT2D eigenvalue weighted by Crippen LogP contribution is -2.57. The molecule has 7 nitrogen and oxygen atoms in total. The number of anilines is 1. The summed E-state index contributed by atoms with van der Waals surface area (Å²) in [4.78, 5) is 18.3. The molecule has 3 N–H and O–H groups in total. The van der Waals surface area contributed by atoms with Gasteiger partial charge in [0.25, 0.3) is 5.92 Å². The number of alkyl halides is 2. The molecule has 1 amide bonds. The standard InChI is InChI=1S/C15H18F2N2O.C14H18F2N2O2/c1-10-6-12-11-4-2-3-5-13(11)18-14(12)7-19(10)8-15(16,17)9-20;1-14(2,3)20-13(19)18-7-12(8-18)17-11-5-9(15)4-10(16)6-11/h2-5,10,18,20H,6-9H2,1H3;4-6,12,17H,7-8H2,1-3H3. The zero-order valence-corrected chi connectivity index (χ0v) is 23.1. The van der Waals surface area contributed by atoms with Gasteiger partial charge < -0.3 is 25.0 Å². The monoisotopic (exact) mass is 564 g/mol. The maximum atomic E-state index is 13.4. The van der Waals surface area contributed by atoms with Crippen LogP contribution >= 0.6 is 0 Å². The molecule has 11 heteroatoms. The predicted molar refractivity (Wildman–Crippen MR) is 145 cm³/mol. The van der Waals surface area contributed by atoms with Gasteiger partial charge in [-0.2, -0.15) is 0 Å². The van der Waals surface area contributed by atoms with E-state index in [1.807, 2.05) is 25.1 Å². The highest BCUT2D eigenvalue weighted by Crippen LogP contribution is 2.31. The fourth-order valence-corrected chi connectivity index (χ4v) is 4.88. The second-order valence-electron chi connectivity index (χ2n) is 11.5. The Kier molecular flexibility index (Phi) is 8.65. The molecule has 2 aliphatic rings. The molecule has 0 spiro atoms. The van der Waals surface area contributed by atoms with Crippen LogP contribution in [0.15, 0.2) is 42.5 Å². The molecule has 218 valence electrons. The SMILES string of the molecule is CC(C)(C)OC(=O)N1CC(Nc2cc(F)cc(F)c2)C1.CC1Cc2c([nH]c3ccccc23)CN1CC(F)(F)CO. The van der Waals surface area contributed by atoms with Crippen LogP contribution in [0.5, 0.6) is 0 Å². The Labute approximate surface area is 231 Å². The Morgan fingerprint density at radius 3 is 2.40 bits per heavy atom. The first-order valence-corrected chi connectivity index (χ1v) is 13.2. The molecule has 5 rings (SSSR count). The maximum Gasteiger partial charge on any atom is 0.410 e. The van der Waals surface area contributed by atoms with Gasteiger partial charge >= 0.3 is 6.09 Å². The van der Waals surface area contributed by atoms with Gasteiger partial charge in [0.1, 0.15) is 23.8 Å². The van der Waals surface area contributed by atoms with Crippen LogP contribution in [0.4, 0.5) is 28.0 Å². The van der Waals surface area contributed by atoms with Crippen molar-refractivity contribution in [2.75, 3.05) is 31.6 Å². The highest BCUT2D eigenvalue weighted by atomic mass is 19.3. The lowest BCUT2D eigenvalue weighted by atomic mass is 9.97. The van der Waals surface area contributed by atoms with Gasteiger partial charge in [-0.1, -0.05) is 18.2 Å². The van der Waals surface area contributed by atoms with Crippen LogP contribution in [0, 0.1) is 11.6 Å². The fourth-order valence-electron chi connectivity index (χ4n) is 4.88. The van der Waals surface area contributed by atoms with Crippen molar-refractivity contribution >= 4 is 22.7 Å². The average Bonchev–Trinajstić information content (AvgIpc) is 3.17. The summed E-state index contributed by atoms with van der Waals surface area (Å²) in [6.45, 7) is 7.23. The summed E-state index contributed by atoms with van der Waals surface area (Å²) in [6.07, 6.45) is 0.377. The third-order valence-electron chi connectivity index (χ3n) is 6.82. The van der Waals surface area contributed by atoms with Crippen molar-refractivity contribution in [3.63, 3.8) is 0 Å². The Balaban J connectivity index is 0.000000185. The summed E-state index contributed by atoms with van der Waals surface area (Å²) in [5, 5.41) is 12.9. The van der Waals surface area contributed by atoms with Crippen molar-refractivity contribution in [3.05, 3.63) is 65.4 Å². The number of aliphatic hydroxyl groups is 1. The number of para-hydroxylation sites is 1. The van der Waals surface area contributed by atoms with Crippen LogP contribution in [0.25, 0.3) is 10.9 Å². The van der Waals surface area contributed by atoms with Gasteiger partial charge in [0, 0.05) is 54.0 Å². The van der Waals surface area contributed by atoms with Crippen molar-refractivity contribution in [2.24, 2.45) is 0 Å². The minimum absolute atomic E-state index is 0.0243. The zero-order valence-electron chi connectivity index (χ0n) is 23.1. The molecule has 0 bridgehead atoms. The number of H-pyrrole nitrogens is 1. The zero-order chi connectivity index (χ0) is 29.2. The van der Waals surface area contributed by atoms with Gasteiger partial charge in [0.15, 0.2) is 0 Å². The number of halogens is 4. The van der Waals surface area contributed by atoms with Crippen LogP contribution in [0.2, 0.25) is 0 Å². The number of hydrogen-bond acceptors (Lipinski definition) is 5. The van der Waals surface area contributed by atoms with E-state index in [-0.39, 0.29) is 18.2 Å². The molecule has 3 aromatic rings. The molecule has 1 saturated heterocycles. The third kappa shape index (κ3) is 7.45. The van der Waals surface area contributed by atoms with Gasteiger partial charge in [-0.15, -0.1) is 0 Å². The largest absolute Gasteiger partial charge is 0.444 e. The highest BCUT2D eigenvalue weighted by molar-refractivity contribution is 5.84. The number of nitrogens with zero attached hydrogens (tertiary/aromatic N) is 2. The minimum atomic E-state index is -3.04. The lowest BCUT2D eigenvalue weighted by Gasteiger charge is -2.40. The van der Waals surface area contributed by atoms with Gasteiger partial charge in [-0.25, -0.2) is 22.4 Å². The average molecular weight is 565 g/mol. The number of ether oxygens (including phenoxy) is 1. The Hall–Kier alpha value is -3.31. The summed E-state index contributed by atoms with van der Waals surface area (Å²) >= 11 is 0. The molecule has 1 aromatic heterocycles. The molecule has 0 saturated carbocycles. The van der Waals surface area contributed by atoms with E-state index in [0.29, 0.717) is 25.3 Å². The first kappa shape index (κ1) is 29.7. The number of rotatable bonds is 5. The second kappa shape index (κ2) is 11.7. The fraction of sp³-hybridized carbons (Fsp3) is 0.483. The van der Waals surface area contributed by atoms with Crippen molar-refractivity contribution in [1.82, 2.24) is 14.8 Å². The first-order valence-electron chi connectivity index (χ1n) is 13.2. The molecule has 1 unspecified atom stereocenters. The number of amides is 1. The number of benzene rings is 2. The summed E-state index contributed by atoms with van der Waals surface area (Å²) in [5.41, 5.74) is 3.15. The summed E-state index contributed by atoms with van der Waals surface area (Å²) in [5.74, 6) is -4.30. The predicted octanol–water partition coefficient (Wildman–Crippen LogP) is 5.54. The maximum absolute atomic E-state index is 13.4. The summed E-state index contributed by atoms with van der Waals surface area (Å²) in [7, 11) is 0. The normalized spacial score (nSPS) is 18.0. The highest BCUT2D eigenvalue weighted by Gasteiger charge is 2.36. The molecular weight excluding hydrogens is 528 g/mol. The molecular formula is C29H36F4N4O3. The van der Waals surface area contributed by atoms with E-state index in [0.717, 1.165) is 23.7 Å². The van der Waals surface area contributed by atoms with Gasteiger partial charge in [-0.3, -0.25) is 4.90 Å². The van der Waals surface area contributed by atoms with Gasteiger partial charge in [0.2, 0.25) is 0 Å². The van der Waals surface area contributed by atoms with Crippen LogP contribution < -0.4 is 5.32 Å². The van der Waals surface area contributed by atoms with E-state index in [4.69, 9.17) is 9.84 Å². The molecule has 2 aliphatic heterocycles. The van der Waals surface area contributed by atoms with E-state index < -0.39 is 36.3 Å². The number of carbonyl (C=O) groups excluding carboxylic acids is 1. The van der Waals surface area contributed by atoms with Crippen LogP contribution in [-0.4, -0.2) is 75.8 Å². The third-order valence-corrected chi connectivity index (χ3v) is 6.82. The van der Waals surface area contributed by atoms with Crippen molar-refractivity contribution in [3.8, 4) is 0 Å². The van der Waals surface area contributed by atoms with Crippen LogP contribution in [0.3, 0.4) is 0 Å². The summed E-state index contributed by atoms with van der Waals surface area (Å²) in [6, 6.07) is 11.3. The van der Waals surface area contributed by atoms with Gasteiger partial charge in [-0.05, 0) is 57.9 Å². The molecule has 2 aromatic carbocycles. The van der Waals surface area contributed by atoms with Crippen molar-refractivity contribution < 1.29 is 32.2 Å². The van der Waals surface area contributed by atoms with E-state index in [2.05, 4.69) is 16.4 Å². The second-order valence-corrected chi connectivity index (χ2v) is 11.5. The van der Waals surface area contributed by atoms with E-state index >= 15 is 0 Å². The minimum Gasteiger partial charge on any atom is -0.444 e. The molecule has 0 aliphatic carbocycles. The Morgan fingerprint density at radius 2 is 1.77 bits per heavy atom. The quantitative estimate of drug-likeness (QED) is 0.355. The van der Waals surface area contributed by atoms with Crippen molar-refractivity contribution in [2.45, 2.75) is 64.3 Å². The van der Waals surface area contributed by atoms with E-state index in [1.165, 1.54) is 23.1 Å². The Morgan fingerprint density at radius 1 is 1.12 bits per heavy atom. The smallest absolute Gasteiger partial charge is 0.410 e. The van der Waals surface area contributed by atoms with E-state index in [1.54, 1.807) is 30.6 Å². The van der Waals surface area contributed by atoms with Crippen molar-refractivity contribution in [1.29, 1.82) is 0 Å². The molecule has 1 fully saturated rings. The number of fused-ring (bicyclic) bond motifs is 3. The number of carbonyl (C=O) groups is 1. The number of likely N-dealkylation sites (tertiary alicyclic amines) is 1. The number of aromatic nitrogens is 1. The number of nitrogens with one attached hydrogen (secondary N) is 2. The molecule has 1 atom stereocenters. The van der Waals surface area contributed by atoms with Gasteiger partial charge in [0.05, 0.1) is 12.6 Å². The first-order chi connectivity index (χ1) is 18.7. The topological polar surface area (TPSA) is 80.8 Å². The van der Waals surface area contributed by atoms with E-state index in [9.17, 15) is 22.4 Å². The lowest BCUT2D eigenvalue weighted by molar-refractivity contribution is -0.0819. The molecule has 40 heavy (non-hydrogen) atoms.